The Morgan fingerprint density at radius 2 is 2.00 bits per heavy atom. The van der Waals surface area contributed by atoms with E-state index in [0.717, 1.165) is 44.9 Å². The Labute approximate surface area is 85.9 Å². The third kappa shape index (κ3) is 2.92. The molecule has 14 heavy (non-hydrogen) atoms. The van der Waals surface area contributed by atoms with Crippen molar-refractivity contribution in [2.24, 2.45) is 5.92 Å². The van der Waals surface area contributed by atoms with Crippen molar-refractivity contribution in [1.29, 1.82) is 0 Å². The fourth-order valence-corrected chi connectivity index (χ4v) is 2.59. The molecule has 0 unspecified atom stereocenters. The summed E-state index contributed by atoms with van der Waals surface area (Å²) in [6, 6.07) is 0. The first-order valence-corrected chi connectivity index (χ1v) is 5.92. The van der Waals surface area contributed by atoms with Crippen molar-refractivity contribution in [2.75, 3.05) is 32.7 Å². The van der Waals surface area contributed by atoms with Crippen molar-refractivity contribution < 1.29 is 4.39 Å². The van der Waals surface area contributed by atoms with Gasteiger partial charge in [-0.1, -0.05) is 0 Å². The minimum atomic E-state index is -0.564. The van der Waals surface area contributed by atoms with Crippen LogP contribution in [0.4, 0.5) is 4.39 Å². The molecule has 0 spiro atoms. The zero-order valence-electron chi connectivity index (χ0n) is 8.84. The third-order valence-electron chi connectivity index (χ3n) is 3.42. The van der Waals surface area contributed by atoms with Crippen LogP contribution in [0, 0.1) is 5.92 Å². The van der Waals surface area contributed by atoms with Crippen LogP contribution in [-0.4, -0.2) is 43.8 Å². The summed E-state index contributed by atoms with van der Waals surface area (Å²) in [6.07, 6.45) is 3.81. The molecule has 0 bridgehead atoms. The first-order chi connectivity index (χ1) is 6.84. The van der Waals surface area contributed by atoms with E-state index in [1.165, 1.54) is 12.8 Å². The highest BCUT2D eigenvalue weighted by Crippen LogP contribution is 2.18. The van der Waals surface area contributed by atoms with Crippen molar-refractivity contribution in [2.45, 2.75) is 31.9 Å². The lowest BCUT2D eigenvalue weighted by Gasteiger charge is -2.33. The van der Waals surface area contributed by atoms with Gasteiger partial charge in [0.05, 0.1) is 0 Å². The molecule has 1 N–H and O–H groups in total. The van der Waals surface area contributed by atoms with Gasteiger partial charge in [0, 0.05) is 13.1 Å². The number of nitrogens with one attached hydrogen (secondary N) is 1. The normalized spacial score (nSPS) is 31.9. The molecule has 2 nitrogen and oxygen atoms in total. The SMILES string of the molecule is F[C@@H]1CCCN(CC2CCNCC2)C1. The van der Waals surface area contributed by atoms with Gasteiger partial charge in [0.25, 0.3) is 0 Å². The predicted octanol–water partition coefficient (Wildman–Crippen LogP) is 1.42. The fraction of sp³-hybridized carbons (Fsp3) is 1.00. The predicted molar refractivity (Wildman–Crippen MR) is 56.2 cm³/mol. The summed E-state index contributed by atoms with van der Waals surface area (Å²) in [7, 11) is 0. The average molecular weight is 200 g/mol. The van der Waals surface area contributed by atoms with Crippen LogP contribution >= 0.6 is 0 Å². The van der Waals surface area contributed by atoms with Crippen molar-refractivity contribution in [3.05, 3.63) is 0 Å². The van der Waals surface area contributed by atoms with E-state index in [9.17, 15) is 4.39 Å². The van der Waals surface area contributed by atoms with Gasteiger partial charge in [0.1, 0.15) is 6.17 Å². The smallest absolute Gasteiger partial charge is 0.113 e. The lowest BCUT2D eigenvalue weighted by molar-refractivity contribution is 0.115. The molecule has 0 radical (unpaired) electrons. The quantitative estimate of drug-likeness (QED) is 0.725. The lowest BCUT2D eigenvalue weighted by Crippen LogP contribution is -2.41. The molecule has 2 heterocycles. The Morgan fingerprint density at radius 3 is 2.71 bits per heavy atom. The second-order valence-corrected chi connectivity index (χ2v) is 4.69. The van der Waals surface area contributed by atoms with Crippen LogP contribution < -0.4 is 5.32 Å². The van der Waals surface area contributed by atoms with E-state index in [2.05, 4.69) is 10.2 Å². The number of piperidine rings is 2. The molecular formula is C11H21FN2. The minimum absolute atomic E-state index is 0.564. The van der Waals surface area contributed by atoms with Crippen molar-refractivity contribution >= 4 is 0 Å². The number of alkyl halides is 1. The maximum atomic E-state index is 13.1. The summed E-state index contributed by atoms with van der Waals surface area (Å²) in [6.45, 7) is 5.23. The zero-order valence-corrected chi connectivity index (χ0v) is 8.84. The minimum Gasteiger partial charge on any atom is -0.317 e. The van der Waals surface area contributed by atoms with Gasteiger partial charge in [0.2, 0.25) is 0 Å². The molecular weight excluding hydrogens is 179 g/mol. The summed E-state index contributed by atoms with van der Waals surface area (Å²) < 4.78 is 13.1. The van der Waals surface area contributed by atoms with Crippen molar-refractivity contribution in [1.82, 2.24) is 10.2 Å². The van der Waals surface area contributed by atoms with Crippen molar-refractivity contribution in [3.8, 4) is 0 Å². The third-order valence-corrected chi connectivity index (χ3v) is 3.42. The summed E-state index contributed by atoms with van der Waals surface area (Å²) in [5, 5.41) is 3.37. The maximum absolute atomic E-state index is 13.1. The first kappa shape index (κ1) is 10.4. The molecule has 0 aromatic heterocycles. The van der Waals surface area contributed by atoms with Crippen LogP contribution in [0.2, 0.25) is 0 Å². The van der Waals surface area contributed by atoms with E-state index in [0.29, 0.717) is 6.54 Å². The molecule has 3 heteroatoms. The Hall–Kier alpha value is -0.150. The van der Waals surface area contributed by atoms with Crippen LogP contribution in [0.5, 0.6) is 0 Å². The molecule has 0 saturated carbocycles. The van der Waals surface area contributed by atoms with Crippen molar-refractivity contribution in [3.63, 3.8) is 0 Å². The average Bonchev–Trinajstić information content (AvgIpc) is 2.19. The highest BCUT2D eigenvalue weighted by atomic mass is 19.1. The molecule has 0 amide bonds. The van der Waals surface area contributed by atoms with Crippen LogP contribution in [0.3, 0.4) is 0 Å². The molecule has 2 fully saturated rings. The van der Waals surface area contributed by atoms with Crippen LogP contribution in [-0.2, 0) is 0 Å². The molecule has 2 aliphatic rings. The number of hydrogen-bond donors (Lipinski definition) is 1. The standard InChI is InChI=1S/C11H21FN2/c12-11-2-1-7-14(9-11)8-10-3-5-13-6-4-10/h10-11,13H,1-9H2/t11-/m1/s1. The second-order valence-electron chi connectivity index (χ2n) is 4.69. The van der Waals surface area contributed by atoms with Gasteiger partial charge < -0.3 is 10.2 Å². The van der Waals surface area contributed by atoms with Gasteiger partial charge in [0.15, 0.2) is 0 Å². The molecule has 0 aliphatic carbocycles. The van der Waals surface area contributed by atoms with Crippen LogP contribution in [0.1, 0.15) is 25.7 Å². The summed E-state index contributed by atoms with van der Waals surface area (Å²) in [5.74, 6) is 0.807. The molecule has 2 saturated heterocycles. The molecule has 2 aliphatic heterocycles. The molecule has 0 aromatic carbocycles. The number of hydrogen-bond acceptors (Lipinski definition) is 2. The lowest BCUT2D eigenvalue weighted by atomic mass is 9.96. The highest BCUT2D eigenvalue weighted by Gasteiger charge is 2.22. The largest absolute Gasteiger partial charge is 0.317 e. The molecule has 2 rings (SSSR count). The number of nitrogens with zero attached hydrogens (tertiary/aromatic N) is 1. The summed E-state index contributed by atoms with van der Waals surface area (Å²) >= 11 is 0. The molecule has 82 valence electrons. The van der Waals surface area contributed by atoms with E-state index in [1.807, 2.05) is 0 Å². The van der Waals surface area contributed by atoms with Gasteiger partial charge in [-0.05, 0) is 51.2 Å². The topological polar surface area (TPSA) is 15.3 Å². The van der Waals surface area contributed by atoms with E-state index in [1.54, 1.807) is 0 Å². The van der Waals surface area contributed by atoms with E-state index in [4.69, 9.17) is 0 Å². The zero-order chi connectivity index (χ0) is 9.80. The van der Waals surface area contributed by atoms with Crippen LogP contribution in [0.25, 0.3) is 0 Å². The van der Waals surface area contributed by atoms with Gasteiger partial charge >= 0.3 is 0 Å². The summed E-state index contributed by atoms with van der Waals surface area (Å²) in [5.41, 5.74) is 0. The fourth-order valence-electron chi connectivity index (χ4n) is 2.59. The Morgan fingerprint density at radius 1 is 1.21 bits per heavy atom. The van der Waals surface area contributed by atoms with E-state index >= 15 is 0 Å². The highest BCUT2D eigenvalue weighted by molar-refractivity contribution is 4.77. The number of likely N-dealkylation sites (tertiary alicyclic amines) is 1. The Balaban J connectivity index is 1.72. The molecule has 1 atom stereocenters. The van der Waals surface area contributed by atoms with Gasteiger partial charge in [-0.3, -0.25) is 0 Å². The first-order valence-electron chi connectivity index (χ1n) is 5.92. The number of halogens is 1. The maximum Gasteiger partial charge on any atom is 0.113 e. The number of rotatable bonds is 2. The van der Waals surface area contributed by atoms with Crippen LogP contribution in [0.15, 0.2) is 0 Å². The summed E-state index contributed by atoms with van der Waals surface area (Å²) in [4.78, 5) is 2.32. The molecule has 0 aromatic rings. The Bertz CT molecular complexity index is 169. The monoisotopic (exact) mass is 200 g/mol. The van der Waals surface area contributed by atoms with E-state index < -0.39 is 6.17 Å². The van der Waals surface area contributed by atoms with Gasteiger partial charge in [-0.2, -0.15) is 0 Å². The Kier molecular flexibility index (Phi) is 3.76. The van der Waals surface area contributed by atoms with E-state index in [-0.39, 0.29) is 0 Å². The van der Waals surface area contributed by atoms with Gasteiger partial charge in [-0.15, -0.1) is 0 Å². The van der Waals surface area contributed by atoms with Gasteiger partial charge in [-0.25, -0.2) is 4.39 Å². The second kappa shape index (κ2) is 5.08.